The molecular formula is C19H29N5O2. The molecule has 2 aromatic rings. The lowest BCUT2D eigenvalue weighted by molar-refractivity contribution is 0.169. The molecule has 0 aromatic carbocycles. The van der Waals surface area contributed by atoms with Crippen molar-refractivity contribution in [2.24, 2.45) is 10.9 Å². The van der Waals surface area contributed by atoms with Crippen molar-refractivity contribution in [2.75, 3.05) is 39.3 Å². The van der Waals surface area contributed by atoms with Gasteiger partial charge in [-0.25, -0.2) is 0 Å². The lowest BCUT2D eigenvalue weighted by Crippen LogP contribution is -2.52. The molecule has 0 atom stereocenters. The maximum absolute atomic E-state index is 5.41. The van der Waals surface area contributed by atoms with Gasteiger partial charge in [-0.1, -0.05) is 19.0 Å². The molecule has 3 rings (SSSR count). The first kappa shape index (κ1) is 18.5. The fourth-order valence-electron chi connectivity index (χ4n) is 2.96. The third kappa shape index (κ3) is 5.62. The van der Waals surface area contributed by atoms with Gasteiger partial charge < -0.3 is 19.2 Å². The summed E-state index contributed by atoms with van der Waals surface area (Å²) >= 11 is 0. The average Bonchev–Trinajstić information content (AvgIpc) is 3.32. The zero-order valence-electron chi connectivity index (χ0n) is 15.7. The monoisotopic (exact) mass is 359 g/mol. The van der Waals surface area contributed by atoms with Gasteiger partial charge in [-0.15, -0.1) is 0 Å². The topological polar surface area (TPSA) is 70.0 Å². The molecule has 1 saturated heterocycles. The summed E-state index contributed by atoms with van der Waals surface area (Å²) < 4.78 is 10.3. The number of aromatic nitrogens is 1. The average molecular weight is 359 g/mol. The number of nitrogens with one attached hydrogen (secondary N) is 1. The smallest absolute Gasteiger partial charge is 0.194 e. The third-order valence-corrected chi connectivity index (χ3v) is 4.39. The number of rotatable bonds is 7. The summed E-state index contributed by atoms with van der Waals surface area (Å²) in [7, 11) is 0. The van der Waals surface area contributed by atoms with Crippen molar-refractivity contribution in [2.45, 2.75) is 26.8 Å². The van der Waals surface area contributed by atoms with Crippen LogP contribution in [0.4, 0.5) is 0 Å². The van der Waals surface area contributed by atoms with Crippen molar-refractivity contribution in [1.82, 2.24) is 20.3 Å². The molecule has 0 spiro atoms. The zero-order valence-corrected chi connectivity index (χ0v) is 15.7. The second-order valence-corrected chi connectivity index (χ2v) is 7.07. The number of nitrogens with zero attached hydrogens (tertiary/aromatic N) is 4. The van der Waals surface area contributed by atoms with Crippen molar-refractivity contribution in [1.29, 1.82) is 0 Å². The van der Waals surface area contributed by atoms with E-state index in [0.717, 1.165) is 69.6 Å². The van der Waals surface area contributed by atoms with Gasteiger partial charge in [-0.3, -0.25) is 9.89 Å². The molecular weight excluding hydrogens is 330 g/mol. The van der Waals surface area contributed by atoms with Crippen LogP contribution in [0.2, 0.25) is 0 Å². The normalized spacial score (nSPS) is 16.4. The van der Waals surface area contributed by atoms with Gasteiger partial charge in [-0.2, -0.15) is 0 Å². The number of hydrogen-bond donors (Lipinski definition) is 1. The van der Waals surface area contributed by atoms with Crippen molar-refractivity contribution < 1.29 is 8.94 Å². The first-order chi connectivity index (χ1) is 12.7. The number of piperazine rings is 1. The number of hydrogen-bond acceptors (Lipinski definition) is 5. The molecule has 1 aliphatic rings. The minimum absolute atomic E-state index is 0.547. The Bertz CT molecular complexity index is 644. The molecule has 0 amide bonds. The van der Waals surface area contributed by atoms with Crippen LogP contribution in [0.3, 0.4) is 0 Å². The standard InChI is InChI=1S/C19H29N5O2/c1-16(2)14-21-19(20-7-5-18-4-3-12-25-18)24-10-8-23(9-11-24)15-17-6-13-26-22-17/h3-4,6,12-13,16H,5,7-11,14-15H2,1-2H3,(H,20,21). The van der Waals surface area contributed by atoms with Gasteiger partial charge >= 0.3 is 0 Å². The minimum atomic E-state index is 0.547. The van der Waals surface area contributed by atoms with Crippen LogP contribution in [0, 0.1) is 5.92 Å². The molecule has 2 aromatic heterocycles. The summed E-state index contributed by atoms with van der Waals surface area (Å²) in [5.74, 6) is 2.55. The molecule has 26 heavy (non-hydrogen) atoms. The lowest BCUT2D eigenvalue weighted by atomic mass is 10.2. The Morgan fingerprint density at radius 3 is 2.73 bits per heavy atom. The number of furan rings is 1. The van der Waals surface area contributed by atoms with Crippen LogP contribution in [0.1, 0.15) is 25.3 Å². The van der Waals surface area contributed by atoms with Gasteiger partial charge in [0.15, 0.2) is 5.96 Å². The van der Waals surface area contributed by atoms with Gasteiger partial charge in [0.1, 0.15) is 12.0 Å². The predicted octanol–water partition coefficient (Wildman–Crippen LogP) is 2.23. The maximum Gasteiger partial charge on any atom is 0.194 e. The van der Waals surface area contributed by atoms with Gasteiger partial charge in [0.05, 0.1) is 12.0 Å². The van der Waals surface area contributed by atoms with Gasteiger partial charge in [0, 0.05) is 58.3 Å². The Labute approximate surface area is 155 Å². The fourth-order valence-corrected chi connectivity index (χ4v) is 2.96. The van der Waals surface area contributed by atoms with Crippen LogP contribution in [0.25, 0.3) is 0 Å². The van der Waals surface area contributed by atoms with E-state index >= 15 is 0 Å². The third-order valence-electron chi connectivity index (χ3n) is 4.39. The lowest BCUT2D eigenvalue weighted by Gasteiger charge is -2.36. The summed E-state index contributed by atoms with van der Waals surface area (Å²) in [5.41, 5.74) is 0.990. The molecule has 0 radical (unpaired) electrons. The highest BCUT2D eigenvalue weighted by molar-refractivity contribution is 5.80. The Balaban J connectivity index is 1.50. The first-order valence-corrected chi connectivity index (χ1v) is 9.38. The Kier molecular flexibility index (Phi) is 6.71. The molecule has 3 heterocycles. The highest BCUT2D eigenvalue weighted by atomic mass is 16.5. The molecule has 0 unspecified atom stereocenters. The van der Waals surface area contributed by atoms with E-state index in [-0.39, 0.29) is 0 Å². The van der Waals surface area contributed by atoms with E-state index in [2.05, 4.69) is 34.1 Å². The fraction of sp³-hybridized carbons (Fsp3) is 0.579. The van der Waals surface area contributed by atoms with E-state index in [0.29, 0.717) is 5.92 Å². The van der Waals surface area contributed by atoms with Crippen LogP contribution >= 0.6 is 0 Å². The van der Waals surface area contributed by atoms with E-state index in [9.17, 15) is 0 Å². The van der Waals surface area contributed by atoms with Crippen LogP contribution < -0.4 is 5.32 Å². The van der Waals surface area contributed by atoms with Gasteiger partial charge in [0.2, 0.25) is 0 Å². The van der Waals surface area contributed by atoms with Gasteiger partial charge in [0.25, 0.3) is 0 Å². The molecule has 1 aliphatic heterocycles. The Morgan fingerprint density at radius 1 is 1.23 bits per heavy atom. The van der Waals surface area contributed by atoms with Crippen LogP contribution in [-0.2, 0) is 13.0 Å². The molecule has 0 saturated carbocycles. The van der Waals surface area contributed by atoms with Crippen LogP contribution in [0.5, 0.6) is 0 Å². The number of guanidine groups is 1. The molecule has 7 heteroatoms. The largest absolute Gasteiger partial charge is 0.469 e. The van der Waals surface area contributed by atoms with E-state index in [1.807, 2.05) is 18.2 Å². The zero-order chi connectivity index (χ0) is 18.2. The second kappa shape index (κ2) is 9.43. The quantitative estimate of drug-likeness (QED) is 0.604. The van der Waals surface area contributed by atoms with Crippen molar-refractivity contribution >= 4 is 5.96 Å². The van der Waals surface area contributed by atoms with Crippen molar-refractivity contribution in [3.05, 3.63) is 42.2 Å². The van der Waals surface area contributed by atoms with Crippen LogP contribution in [0.15, 0.2) is 44.7 Å². The molecule has 0 bridgehead atoms. The van der Waals surface area contributed by atoms with Crippen LogP contribution in [-0.4, -0.2) is 60.2 Å². The highest BCUT2D eigenvalue weighted by Gasteiger charge is 2.20. The summed E-state index contributed by atoms with van der Waals surface area (Å²) in [4.78, 5) is 9.57. The summed E-state index contributed by atoms with van der Waals surface area (Å²) in [6.07, 6.45) is 4.21. The SMILES string of the molecule is CC(C)CN=C(NCCc1ccco1)N1CCN(Cc2ccon2)CC1. The van der Waals surface area contributed by atoms with Crippen molar-refractivity contribution in [3.8, 4) is 0 Å². The summed E-state index contributed by atoms with van der Waals surface area (Å²) in [6, 6.07) is 5.87. The molecule has 7 nitrogen and oxygen atoms in total. The Morgan fingerprint density at radius 2 is 2.08 bits per heavy atom. The Hall–Kier alpha value is -2.28. The first-order valence-electron chi connectivity index (χ1n) is 9.38. The van der Waals surface area contributed by atoms with E-state index in [4.69, 9.17) is 13.9 Å². The van der Waals surface area contributed by atoms with E-state index < -0.39 is 0 Å². The second-order valence-electron chi connectivity index (χ2n) is 7.07. The summed E-state index contributed by atoms with van der Waals surface area (Å²) in [5, 5.41) is 7.52. The maximum atomic E-state index is 5.41. The minimum Gasteiger partial charge on any atom is -0.469 e. The summed E-state index contributed by atoms with van der Waals surface area (Å²) in [6.45, 7) is 10.8. The van der Waals surface area contributed by atoms with Crippen molar-refractivity contribution in [3.63, 3.8) is 0 Å². The van der Waals surface area contributed by atoms with Gasteiger partial charge in [-0.05, 0) is 18.1 Å². The molecule has 142 valence electrons. The molecule has 1 N–H and O–H groups in total. The predicted molar refractivity (Wildman–Crippen MR) is 101 cm³/mol. The highest BCUT2D eigenvalue weighted by Crippen LogP contribution is 2.08. The van der Waals surface area contributed by atoms with E-state index in [1.165, 1.54) is 0 Å². The molecule has 1 fully saturated rings. The van der Waals surface area contributed by atoms with E-state index in [1.54, 1.807) is 12.5 Å². The molecule has 0 aliphatic carbocycles. The number of aliphatic imine (C=N–C) groups is 1.